The van der Waals surface area contributed by atoms with Gasteiger partial charge in [-0.25, -0.2) is 9.18 Å². The van der Waals surface area contributed by atoms with E-state index < -0.39 is 35.7 Å². The van der Waals surface area contributed by atoms with Crippen LogP contribution in [0.2, 0.25) is 0 Å². The van der Waals surface area contributed by atoms with Crippen LogP contribution < -0.4 is 5.32 Å². The fraction of sp³-hybridized carbons (Fsp3) is 0.562. The Morgan fingerprint density at radius 2 is 2.04 bits per heavy atom. The quantitative estimate of drug-likeness (QED) is 0.824. The van der Waals surface area contributed by atoms with Crippen LogP contribution in [0.1, 0.15) is 37.4 Å². The van der Waals surface area contributed by atoms with Crippen molar-refractivity contribution in [3.05, 3.63) is 35.1 Å². The standard InChI is InChI=1S/C16H20F4N2O2/c1-9(11-3-4-14(17)13(7-11)16(18,19)20)21-15(24)22-6-5-12(8-22)10(2)23/h3-4,7,9-10,12,23H,5-6,8H2,1-2H3,(H,21,24)/t9-,10+,12+/m0/s1. The number of rotatable bonds is 3. The maximum Gasteiger partial charge on any atom is 0.419 e. The minimum atomic E-state index is -4.79. The minimum absolute atomic E-state index is 0.00582. The van der Waals surface area contributed by atoms with Crippen LogP contribution in [-0.4, -0.2) is 35.2 Å². The van der Waals surface area contributed by atoms with E-state index in [0.29, 0.717) is 25.6 Å². The van der Waals surface area contributed by atoms with Gasteiger partial charge in [0.2, 0.25) is 0 Å². The fourth-order valence-electron chi connectivity index (χ4n) is 2.75. The second-order valence-corrected chi connectivity index (χ2v) is 6.14. The number of amides is 2. The number of aliphatic hydroxyl groups is 1. The Kier molecular flexibility index (Phi) is 5.37. The van der Waals surface area contributed by atoms with Crippen molar-refractivity contribution in [1.82, 2.24) is 10.2 Å². The molecule has 1 fully saturated rings. The first-order valence-corrected chi connectivity index (χ1v) is 7.69. The molecular weight excluding hydrogens is 328 g/mol. The monoisotopic (exact) mass is 348 g/mol. The summed E-state index contributed by atoms with van der Waals surface area (Å²) in [4.78, 5) is 13.7. The largest absolute Gasteiger partial charge is 0.419 e. The summed E-state index contributed by atoms with van der Waals surface area (Å²) in [5.41, 5.74) is -1.18. The number of benzene rings is 1. The molecule has 0 radical (unpaired) electrons. The van der Waals surface area contributed by atoms with Crippen molar-refractivity contribution < 1.29 is 27.5 Å². The molecule has 8 heteroatoms. The zero-order chi connectivity index (χ0) is 18.1. The number of alkyl halides is 3. The number of carbonyl (C=O) groups excluding carboxylic acids is 1. The van der Waals surface area contributed by atoms with E-state index in [-0.39, 0.29) is 11.5 Å². The van der Waals surface area contributed by atoms with Crippen LogP contribution in [0.15, 0.2) is 18.2 Å². The number of carbonyl (C=O) groups is 1. The van der Waals surface area contributed by atoms with Crippen LogP contribution >= 0.6 is 0 Å². The van der Waals surface area contributed by atoms with E-state index in [2.05, 4.69) is 5.32 Å². The van der Waals surface area contributed by atoms with E-state index in [9.17, 15) is 27.5 Å². The van der Waals surface area contributed by atoms with Gasteiger partial charge >= 0.3 is 12.2 Å². The van der Waals surface area contributed by atoms with Crippen LogP contribution in [0.4, 0.5) is 22.4 Å². The number of likely N-dealkylation sites (tertiary alicyclic amines) is 1. The number of urea groups is 1. The average molecular weight is 348 g/mol. The van der Waals surface area contributed by atoms with Crippen molar-refractivity contribution in [3.63, 3.8) is 0 Å². The highest BCUT2D eigenvalue weighted by Crippen LogP contribution is 2.33. The average Bonchev–Trinajstić information content (AvgIpc) is 2.96. The Morgan fingerprint density at radius 3 is 2.58 bits per heavy atom. The van der Waals surface area contributed by atoms with Gasteiger partial charge in [-0.15, -0.1) is 0 Å². The van der Waals surface area contributed by atoms with Gasteiger partial charge in [0.15, 0.2) is 0 Å². The van der Waals surface area contributed by atoms with Gasteiger partial charge in [0.05, 0.1) is 17.7 Å². The molecule has 2 rings (SSSR count). The molecule has 0 saturated carbocycles. The molecule has 0 aliphatic carbocycles. The van der Waals surface area contributed by atoms with Gasteiger partial charge in [-0.1, -0.05) is 6.07 Å². The normalized spacial score (nSPS) is 20.8. The van der Waals surface area contributed by atoms with E-state index in [1.165, 1.54) is 17.9 Å². The molecule has 0 spiro atoms. The highest BCUT2D eigenvalue weighted by Gasteiger charge is 2.35. The summed E-state index contributed by atoms with van der Waals surface area (Å²) in [6.07, 6.45) is -4.64. The minimum Gasteiger partial charge on any atom is -0.393 e. The molecule has 1 aliphatic heterocycles. The molecule has 4 nitrogen and oxygen atoms in total. The third-order valence-electron chi connectivity index (χ3n) is 4.33. The zero-order valence-electron chi connectivity index (χ0n) is 13.4. The summed E-state index contributed by atoms with van der Waals surface area (Å²) in [6, 6.07) is 1.56. The molecule has 1 heterocycles. The zero-order valence-corrected chi connectivity index (χ0v) is 13.4. The first-order valence-electron chi connectivity index (χ1n) is 7.69. The van der Waals surface area contributed by atoms with Gasteiger partial charge in [0.1, 0.15) is 5.82 Å². The highest BCUT2D eigenvalue weighted by atomic mass is 19.4. The summed E-state index contributed by atoms with van der Waals surface area (Å²) in [5, 5.41) is 12.2. The van der Waals surface area contributed by atoms with E-state index in [4.69, 9.17) is 0 Å². The highest BCUT2D eigenvalue weighted by molar-refractivity contribution is 5.75. The molecule has 24 heavy (non-hydrogen) atoms. The van der Waals surface area contributed by atoms with Crippen molar-refractivity contribution >= 4 is 6.03 Å². The second-order valence-electron chi connectivity index (χ2n) is 6.14. The Hall–Kier alpha value is -1.83. The predicted molar refractivity (Wildman–Crippen MR) is 79.7 cm³/mol. The molecule has 0 bridgehead atoms. The van der Waals surface area contributed by atoms with Gasteiger partial charge in [0, 0.05) is 19.0 Å². The number of nitrogens with one attached hydrogen (secondary N) is 1. The van der Waals surface area contributed by atoms with Gasteiger partial charge in [0.25, 0.3) is 0 Å². The molecule has 2 N–H and O–H groups in total. The van der Waals surface area contributed by atoms with Gasteiger partial charge in [-0.3, -0.25) is 0 Å². The van der Waals surface area contributed by atoms with Gasteiger partial charge in [-0.05, 0) is 38.0 Å². The summed E-state index contributed by atoms with van der Waals surface area (Å²) >= 11 is 0. The van der Waals surface area contributed by atoms with Crippen molar-refractivity contribution in [3.8, 4) is 0 Å². The summed E-state index contributed by atoms with van der Waals surface area (Å²) < 4.78 is 51.6. The van der Waals surface area contributed by atoms with Crippen molar-refractivity contribution in [2.24, 2.45) is 5.92 Å². The Bertz CT molecular complexity index is 604. The smallest absolute Gasteiger partial charge is 0.393 e. The first-order chi connectivity index (χ1) is 11.1. The Balaban J connectivity index is 2.05. The number of hydrogen-bond acceptors (Lipinski definition) is 2. The topological polar surface area (TPSA) is 52.6 Å². The third kappa shape index (κ3) is 4.17. The second kappa shape index (κ2) is 6.96. The molecule has 1 aromatic carbocycles. The molecule has 2 amide bonds. The predicted octanol–water partition coefficient (Wildman–Crippen LogP) is 3.32. The lowest BCUT2D eigenvalue weighted by molar-refractivity contribution is -0.140. The number of hydrogen-bond donors (Lipinski definition) is 2. The maximum absolute atomic E-state index is 13.3. The van der Waals surface area contributed by atoms with Gasteiger partial charge < -0.3 is 15.3 Å². The van der Waals surface area contributed by atoms with Crippen LogP contribution in [-0.2, 0) is 6.18 Å². The molecule has 1 aliphatic rings. The number of nitrogens with zero attached hydrogens (tertiary/aromatic N) is 1. The molecule has 0 aromatic heterocycles. The first kappa shape index (κ1) is 18.5. The Morgan fingerprint density at radius 1 is 1.38 bits per heavy atom. The van der Waals surface area contributed by atoms with Crippen LogP contribution in [0.3, 0.4) is 0 Å². The van der Waals surface area contributed by atoms with Crippen molar-refractivity contribution in [2.75, 3.05) is 13.1 Å². The molecule has 0 unspecified atom stereocenters. The maximum atomic E-state index is 13.3. The third-order valence-corrected chi connectivity index (χ3v) is 4.33. The molecule has 134 valence electrons. The summed E-state index contributed by atoms with van der Waals surface area (Å²) in [6.45, 7) is 4.07. The van der Waals surface area contributed by atoms with Crippen LogP contribution in [0, 0.1) is 11.7 Å². The summed E-state index contributed by atoms with van der Waals surface area (Å²) in [5.74, 6) is -1.35. The number of halogens is 4. The van der Waals surface area contributed by atoms with Crippen molar-refractivity contribution in [1.29, 1.82) is 0 Å². The lowest BCUT2D eigenvalue weighted by atomic mass is 10.0. The molecule has 1 saturated heterocycles. The summed E-state index contributed by atoms with van der Waals surface area (Å²) in [7, 11) is 0. The van der Waals surface area contributed by atoms with E-state index in [0.717, 1.165) is 6.07 Å². The lowest BCUT2D eigenvalue weighted by Gasteiger charge is -2.22. The van der Waals surface area contributed by atoms with Crippen LogP contribution in [0.25, 0.3) is 0 Å². The molecule has 1 aromatic rings. The van der Waals surface area contributed by atoms with E-state index >= 15 is 0 Å². The number of aliphatic hydroxyl groups excluding tert-OH is 1. The van der Waals surface area contributed by atoms with Crippen LogP contribution in [0.5, 0.6) is 0 Å². The van der Waals surface area contributed by atoms with Crippen molar-refractivity contribution in [2.45, 2.75) is 38.6 Å². The fourth-order valence-corrected chi connectivity index (χ4v) is 2.75. The van der Waals surface area contributed by atoms with E-state index in [1.807, 2.05) is 0 Å². The lowest BCUT2D eigenvalue weighted by Crippen LogP contribution is -2.40. The SMILES string of the molecule is C[C@H](NC(=O)N1CC[C@@H]([C@@H](C)O)C1)c1ccc(F)c(C(F)(F)F)c1. The molecular formula is C16H20F4N2O2. The Labute approximate surface area is 137 Å². The van der Waals surface area contributed by atoms with Gasteiger partial charge in [-0.2, -0.15) is 13.2 Å². The molecule has 3 atom stereocenters. The van der Waals surface area contributed by atoms with E-state index in [1.54, 1.807) is 6.92 Å².